The second kappa shape index (κ2) is 6.01. The van der Waals surface area contributed by atoms with E-state index in [4.69, 9.17) is 11.5 Å². The number of benzene rings is 2. The molecule has 110 valence electrons. The fourth-order valence-corrected chi connectivity index (χ4v) is 2.96. The summed E-state index contributed by atoms with van der Waals surface area (Å²) in [4.78, 5) is 11.2. The Morgan fingerprint density at radius 3 is 2.48 bits per heavy atom. The zero-order valence-corrected chi connectivity index (χ0v) is 11.6. The molecule has 0 heterocycles. The molecule has 2 aromatic rings. The second-order valence-electron chi connectivity index (χ2n) is 4.38. The number of hydrogen-bond donors (Lipinski definition) is 2. The molecular weight excluding hydrogens is 298 g/mol. The van der Waals surface area contributed by atoms with Crippen molar-refractivity contribution in [1.29, 1.82) is 0 Å². The maximum Gasteiger partial charge on any atom is 0.248 e. The van der Waals surface area contributed by atoms with Crippen LogP contribution in [-0.4, -0.2) is 10.1 Å². The van der Waals surface area contributed by atoms with Crippen LogP contribution in [0.25, 0.3) is 0 Å². The van der Waals surface area contributed by atoms with Crippen LogP contribution in [-0.2, 0) is 16.6 Å². The lowest BCUT2D eigenvalue weighted by Gasteiger charge is -2.07. The number of carbonyl (C=O) groups excluding carboxylic acids is 1. The Kier molecular flexibility index (Phi) is 4.32. The molecule has 1 atom stereocenters. The zero-order chi connectivity index (χ0) is 15.6. The Labute approximate surface area is 122 Å². The molecular formula is C14H12F2N2O2S. The molecule has 2 aromatic carbocycles. The van der Waals surface area contributed by atoms with E-state index in [1.807, 2.05) is 0 Å². The Morgan fingerprint density at radius 1 is 1.14 bits per heavy atom. The van der Waals surface area contributed by atoms with Gasteiger partial charge in [0.05, 0.1) is 16.6 Å². The van der Waals surface area contributed by atoms with Crippen molar-refractivity contribution >= 4 is 22.4 Å². The highest BCUT2D eigenvalue weighted by atomic mass is 32.2. The monoisotopic (exact) mass is 310 g/mol. The molecule has 0 aliphatic heterocycles. The Balaban J connectivity index is 2.31. The van der Waals surface area contributed by atoms with E-state index in [-0.39, 0.29) is 27.5 Å². The van der Waals surface area contributed by atoms with E-state index in [0.29, 0.717) is 0 Å². The van der Waals surface area contributed by atoms with Gasteiger partial charge in [0.15, 0.2) is 0 Å². The molecule has 0 spiro atoms. The maximum atomic E-state index is 13.7. The van der Waals surface area contributed by atoms with Crippen LogP contribution in [0.4, 0.5) is 14.5 Å². The highest BCUT2D eigenvalue weighted by Gasteiger charge is 2.13. The number of amides is 1. The summed E-state index contributed by atoms with van der Waals surface area (Å²) in [5.74, 6) is -2.16. The molecule has 0 fully saturated rings. The molecule has 4 nitrogen and oxygen atoms in total. The molecule has 2 rings (SSSR count). The Bertz CT molecular complexity index is 715. The van der Waals surface area contributed by atoms with Gasteiger partial charge in [0, 0.05) is 21.7 Å². The van der Waals surface area contributed by atoms with Crippen LogP contribution in [0.3, 0.4) is 0 Å². The summed E-state index contributed by atoms with van der Waals surface area (Å²) in [6.07, 6.45) is 0. The van der Waals surface area contributed by atoms with Crippen LogP contribution in [0.2, 0.25) is 0 Å². The summed E-state index contributed by atoms with van der Waals surface area (Å²) < 4.78 is 39.1. The standard InChI is InChI=1S/C14H12F2N2O2S/c15-10-4-11(17)6-12(5-10)21(20)7-9-3-8(14(18)19)1-2-13(9)16/h1-6H,7,17H2,(H2,18,19). The summed E-state index contributed by atoms with van der Waals surface area (Å²) in [6.45, 7) is 0. The largest absolute Gasteiger partial charge is 0.399 e. The first-order valence-corrected chi connectivity index (χ1v) is 7.21. The molecule has 0 aromatic heterocycles. The lowest BCUT2D eigenvalue weighted by molar-refractivity contribution is 0.1000. The first-order chi connectivity index (χ1) is 9.86. The highest BCUT2D eigenvalue weighted by molar-refractivity contribution is 7.84. The summed E-state index contributed by atoms with van der Waals surface area (Å²) >= 11 is 0. The quantitative estimate of drug-likeness (QED) is 0.846. The molecule has 0 aliphatic carbocycles. The first kappa shape index (κ1) is 15.1. The van der Waals surface area contributed by atoms with Gasteiger partial charge in [-0.15, -0.1) is 0 Å². The van der Waals surface area contributed by atoms with Crippen molar-refractivity contribution in [2.75, 3.05) is 5.73 Å². The highest BCUT2D eigenvalue weighted by Crippen LogP contribution is 2.19. The van der Waals surface area contributed by atoms with E-state index in [9.17, 15) is 17.8 Å². The molecule has 0 radical (unpaired) electrons. The number of nitrogens with two attached hydrogens (primary N) is 2. The fraction of sp³-hybridized carbons (Fsp3) is 0.0714. The van der Waals surface area contributed by atoms with E-state index >= 15 is 0 Å². The van der Waals surface area contributed by atoms with Crippen molar-refractivity contribution in [2.45, 2.75) is 10.6 Å². The van der Waals surface area contributed by atoms with Gasteiger partial charge in [0.25, 0.3) is 0 Å². The molecule has 0 saturated carbocycles. The molecule has 1 unspecified atom stereocenters. The van der Waals surface area contributed by atoms with Crippen molar-refractivity contribution < 1.29 is 17.8 Å². The van der Waals surface area contributed by atoms with Gasteiger partial charge in [-0.05, 0) is 36.4 Å². The van der Waals surface area contributed by atoms with E-state index in [0.717, 1.165) is 18.2 Å². The summed E-state index contributed by atoms with van der Waals surface area (Å²) in [5.41, 5.74) is 10.9. The minimum Gasteiger partial charge on any atom is -0.399 e. The van der Waals surface area contributed by atoms with E-state index in [2.05, 4.69) is 0 Å². The smallest absolute Gasteiger partial charge is 0.248 e. The molecule has 1 amide bonds. The minimum atomic E-state index is -1.70. The lowest BCUT2D eigenvalue weighted by Crippen LogP contribution is -2.12. The number of hydrogen-bond acceptors (Lipinski definition) is 3. The lowest BCUT2D eigenvalue weighted by atomic mass is 10.1. The number of anilines is 1. The van der Waals surface area contributed by atoms with Crippen LogP contribution in [0.5, 0.6) is 0 Å². The van der Waals surface area contributed by atoms with Crippen LogP contribution < -0.4 is 11.5 Å². The SMILES string of the molecule is NC(=O)c1ccc(F)c(CS(=O)c2cc(N)cc(F)c2)c1. The van der Waals surface area contributed by atoms with Gasteiger partial charge in [-0.2, -0.15) is 0 Å². The van der Waals surface area contributed by atoms with Crippen molar-refractivity contribution in [3.05, 3.63) is 59.2 Å². The van der Waals surface area contributed by atoms with Gasteiger partial charge < -0.3 is 11.5 Å². The van der Waals surface area contributed by atoms with Crippen LogP contribution in [0, 0.1) is 11.6 Å². The van der Waals surface area contributed by atoms with Gasteiger partial charge in [0.2, 0.25) is 5.91 Å². The number of carbonyl (C=O) groups is 1. The Hall–Kier alpha value is -2.28. The van der Waals surface area contributed by atoms with Crippen LogP contribution >= 0.6 is 0 Å². The van der Waals surface area contributed by atoms with E-state index in [1.54, 1.807) is 0 Å². The van der Waals surface area contributed by atoms with Gasteiger partial charge >= 0.3 is 0 Å². The third kappa shape index (κ3) is 3.63. The average Bonchev–Trinajstić information content (AvgIpc) is 2.39. The molecule has 0 bridgehead atoms. The number of primary amides is 1. The summed E-state index contributed by atoms with van der Waals surface area (Å²) in [5, 5.41) is 0. The fourth-order valence-electron chi connectivity index (χ4n) is 1.78. The number of rotatable bonds is 4. The van der Waals surface area contributed by atoms with E-state index < -0.39 is 28.3 Å². The molecule has 0 aliphatic rings. The van der Waals surface area contributed by atoms with Gasteiger partial charge in [0.1, 0.15) is 11.6 Å². The topological polar surface area (TPSA) is 86.2 Å². The molecule has 7 heteroatoms. The van der Waals surface area contributed by atoms with Gasteiger partial charge in [-0.1, -0.05) is 0 Å². The van der Waals surface area contributed by atoms with Crippen molar-refractivity contribution in [3.8, 4) is 0 Å². The third-order valence-electron chi connectivity index (χ3n) is 2.77. The number of halogens is 2. The maximum absolute atomic E-state index is 13.7. The summed E-state index contributed by atoms with van der Waals surface area (Å²) in [7, 11) is -1.70. The third-order valence-corrected chi connectivity index (χ3v) is 4.11. The first-order valence-electron chi connectivity index (χ1n) is 5.89. The molecule has 0 saturated heterocycles. The number of nitrogen functional groups attached to an aromatic ring is 1. The zero-order valence-electron chi connectivity index (χ0n) is 10.8. The van der Waals surface area contributed by atoms with E-state index in [1.165, 1.54) is 18.2 Å². The predicted octanol–water partition coefficient (Wildman–Crippen LogP) is 1.95. The van der Waals surface area contributed by atoms with Gasteiger partial charge in [-0.25, -0.2) is 8.78 Å². The van der Waals surface area contributed by atoms with Crippen LogP contribution in [0.1, 0.15) is 15.9 Å². The second-order valence-corrected chi connectivity index (χ2v) is 5.83. The summed E-state index contributed by atoms with van der Waals surface area (Å²) in [6, 6.07) is 7.07. The van der Waals surface area contributed by atoms with Gasteiger partial charge in [-0.3, -0.25) is 9.00 Å². The Morgan fingerprint density at radius 2 is 1.86 bits per heavy atom. The predicted molar refractivity (Wildman–Crippen MR) is 75.8 cm³/mol. The van der Waals surface area contributed by atoms with Crippen LogP contribution in [0.15, 0.2) is 41.3 Å². The van der Waals surface area contributed by atoms with Crippen molar-refractivity contribution in [3.63, 3.8) is 0 Å². The molecule has 4 N–H and O–H groups in total. The normalized spacial score (nSPS) is 12.1. The van der Waals surface area contributed by atoms with Crippen molar-refractivity contribution in [2.24, 2.45) is 5.73 Å². The van der Waals surface area contributed by atoms with Crippen molar-refractivity contribution in [1.82, 2.24) is 0 Å². The minimum absolute atomic E-state index is 0.0625. The molecule has 21 heavy (non-hydrogen) atoms. The average molecular weight is 310 g/mol.